The van der Waals surface area contributed by atoms with Gasteiger partial charge in [-0.3, -0.25) is 4.79 Å². The predicted octanol–water partition coefficient (Wildman–Crippen LogP) is 1.96. The van der Waals surface area contributed by atoms with E-state index in [0.29, 0.717) is 5.13 Å². The molecule has 10 heteroatoms. The molecule has 1 aliphatic rings. The largest absolute Gasteiger partial charge is 0.382 e. The van der Waals surface area contributed by atoms with Crippen LogP contribution in [0.4, 0.5) is 28.5 Å². The Labute approximate surface area is 122 Å². The number of alkyl halides is 4. The highest BCUT2D eigenvalue weighted by atomic mass is 32.1. The first-order chi connectivity index (χ1) is 9.81. The number of hydrogen-bond acceptors (Lipinski definition) is 5. The molecule has 1 aliphatic heterocycles. The van der Waals surface area contributed by atoms with Gasteiger partial charge in [-0.2, -0.15) is 8.78 Å². The lowest BCUT2D eigenvalue weighted by molar-refractivity contribution is -0.123. The second-order valence-electron chi connectivity index (χ2n) is 4.65. The summed E-state index contributed by atoms with van der Waals surface area (Å²) in [5.41, 5.74) is 5.59. The van der Waals surface area contributed by atoms with Crippen LogP contribution in [0.15, 0.2) is 0 Å². The number of aromatic nitrogens is 1. The third kappa shape index (κ3) is 3.55. The van der Waals surface area contributed by atoms with Gasteiger partial charge in [0.2, 0.25) is 0 Å². The minimum absolute atomic E-state index is 0.0398. The van der Waals surface area contributed by atoms with Crippen molar-refractivity contribution in [1.29, 1.82) is 0 Å². The molecule has 1 amide bonds. The van der Waals surface area contributed by atoms with E-state index in [0.717, 1.165) is 37.3 Å². The quantitative estimate of drug-likeness (QED) is 0.812. The molecule has 1 aromatic heterocycles. The summed E-state index contributed by atoms with van der Waals surface area (Å²) >= 11 is 0.969. The molecule has 0 bridgehead atoms. The van der Waals surface area contributed by atoms with Crippen molar-refractivity contribution in [3.63, 3.8) is 0 Å². The van der Waals surface area contributed by atoms with Gasteiger partial charge in [0, 0.05) is 13.1 Å². The smallest absolute Gasteiger partial charge is 0.324 e. The fourth-order valence-electron chi connectivity index (χ4n) is 1.88. The number of nitrogens with zero attached hydrogens (tertiary/aromatic N) is 2. The van der Waals surface area contributed by atoms with Crippen molar-refractivity contribution in [1.82, 2.24) is 10.3 Å². The van der Waals surface area contributed by atoms with Gasteiger partial charge in [0.15, 0.2) is 5.13 Å². The topological polar surface area (TPSA) is 71.2 Å². The van der Waals surface area contributed by atoms with Gasteiger partial charge in [-0.1, -0.05) is 11.3 Å². The number of nitrogens with one attached hydrogen (secondary N) is 1. The summed E-state index contributed by atoms with van der Waals surface area (Å²) in [6.07, 6.45) is -1.83. The van der Waals surface area contributed by atoms with E-state index in [2.05, 4.69) is 4.98 Å². The number of nitrogens with two attached hydrogens (primary N) is 1. The Hall–Kier alpha value is -1.58. The lowest BCUT2D eigenvalue weighted by Gasteiger charge is -2.15. The molecule has 1 fully saturated rings. The zero-order valence-electron chi connectivity index (χ0n) is 10.9. The first-order valence-corrected chi connectivity index (χ1v) is 7.08. The summed E-state index contributed by atoms with van der Waals surface area (Å²) in [6, 6.07) is 0. The molecule has 2 rings (SSSR count). The maximum Gasteiger partial charge on any atom is 0.324 e. The molecule has 0 unspecified atom stereocenters. The van der Waals surface area contributed by atoms with Gasteiger partial charge in [0.05, 0.1) is 6.54 Å². The molecule has 0 aliphatic carbocycles. The number of anilines is 2. The lowest BCUT2D eigenvalue weighted by atomic mass is 10.3. The third-order valence-electron chi connectivity index (χ3n) is 3.03. The Morgan fingerprint density at radius 1 is 1.43 bits per heavy atom. The number of carbonyl (C=O) groups excluding carboxylic acids is 1. The van der Waals surface area contributed by atoms with Gasteiger partial charge in [-0.05, 0) is 12.8 Å². The van der Waals surface area contributed by atoms with E-state index in [9.17, 15) is 22.4 Å². The molecular weight excluding hydrogens is 312 g/mol. The Morgan fingerprint density at radius 3 is 2.62 bits per heavy atom. The van der Waals surface area contributed by atoms with Gasteiger partial charge in [-0.25, -0.2) is 13.8 Å². The molecule has 21 heavy (non-hydrogen) atoms. The molecule has 118 valence electrons. The van der Waals surface area contributed by atoms with Crippen LogP contribution in [-0.4, -0.2) is 42.9 Å². The number of nitrogen functional groups attached to an aromatic ring is 1. The SMILES string of the molecule is Nc1nc(N2CCCC2)sc1C(=O)NCC(F)(F)C(F)F. The zero-order valence-corrected chi connectivity index (χ0v) is 11.7. The van der Waals surface area contributed by atoms with Gasteiger partial charge in [0.1, 0.15) is 10.7 Å². The van der Waals surface area contributed by atoms with Gasteiger partial charge >= 0.3 is 12.3 Å². The van der Waals surface area contributed by atoms with E-state index in [-0.39, 0.29) is 10.7 Å². The average molecular weight is 326 g/mol. The fraction of sp³-hybridized carbons (Fsp3) is 0.636. The van der Waals surface area contributed by atoms with E-state index in [1.807, 2.05) is 4.90 Å². The molecular formula is C11H14F4N4OS. The number of rotatable bonds is 5. The number of hydrogen-bond donors (Lipinski definition) is 2. The predicted molar refractivity (Wildman–Crippen MR) is 71.3 cm³/mol. The van der Waals surface area contributed by atoms with Crippen molar-refractivity contribution >= 4 is 28.2 Å². The normalized spacial score (nSPS) is 15.8. The van der Waals surface area contributed by atoms with E-state index in [1.165, 1.54) is 0 Å². The summed E-state index contributed by atoms with van der Waals surface area (Å²) in [7, 11) is 0. The molecule has 5 nitrogen and oxygen atoms in total. The van der Waals surface area contributed by atoms with Crippen LogP contribution in [0, 0.1) is 0 Å². The first-order valence-electron chi connectivity index (χ1n) is 6.26. The van der Waals surface area contributed by atoms with E-state index in [4.69, 9.17) is 5.73 Å². The molecule has 0 spiro atoms. The molecule has 1 saturated heterocycles. The molecule has 0 atom stereocenters. The summed E-state index contributed by atoms with van der Waals surface area (Å²) in [6.45, 7) is 0.134. The van der Waals surface area contributed by atoms with E-state index >= 15 is 0 Å². The zero-order chi connectivity index (χ0) is 15.6. The molecule has 0 saturated carbocycles. The van der Waals surface area contributed by atoms with Crippen molar-refractivity contribution in [2.75, 3.05) is 30.3 Å². The third-order valence-corrected chi connectivity index (χ3v) is 4.16. The number of thiazole rings is 1. The number of amides is 1. The standard InChI is InChI=1S/C11H14F4N4OS/c12-9(13)11(14,15)5-17-8(20)6-7(16)18-10(21-6)19-3-1-2-4-19/h9H,1-5,16H2,(H,17,20). The van der Waals surface area contributed by atoms with Gasteiger partial charge in [-0.15, -0.1) is 0 Å². The molecule has 0 radical (unpaired) electrons. The second-order valence-corrected chi connectivity index (χ2v) is 5.63. The van der Waals surface area contributed by atoms with E-state index < -0.39 is 24.8 Å². The summed E-state index contributed by atoms with van der Waals surface area (Å²) in [5.74, 6) is -5.28. The van der Waals surface area contributed by atoms with Crippen molar-refractivity contribution in [3.05, 3.63) is 4.88 Å². The van der Waals surface area contributed by atoms with Gasteiger partial charge < -0.3 is 16.0 Å². The summed E-state index contributed by atoms with van der Waals surface area (Å²) < 4.78 is 49.5. The molecule has 3 N–H and O–H groups in total. The van der Waals surface area contributed by atoms with Crippen LogP contribution >= 0.6 is 11.3 Å². The molecule has 0 aromatic carbocycles. The van der Waals surface area contributed by atoms with Crippen LogP contribution < -0.4 is 16.0 Å². The highest BCUT2D eigenvalue weighted by Gasteiger charge is 2.41. The Bertz CT molecular complexity index is 516. The number of halogens is 4. The van der Waals surface area contributed by atoms with Crippen LogP contribution in [0.25, 0.3) is 0 Å². The maximum atomic E-state index is 12.8. The maximum absolute atomic E-state index is 12.8. The Balaban J connectivity index is 2.02. The summed E-state index contributed by atoms with van der Waals surface area (Å²) in [4.78, 5) is 17.7. The minimum Gasteiger partial charge on any atom is -0.382 e. The molecule has 2 heterocycles. The van der Waals surface area contributed by atoms with Crippen LogP contribution in [-0.2, 0) is 0 Å². The minimum atomic E-state index is -4.27. The van der Waals surface area contributed by atoms with Gasteiger partial charge in [0.25, 0.3) is 5.91 Å². The van der Waals surface area contributed by atoms with Crippen molar-refractivity contribution in [3.8, 4) is 0 Å². The van der Waals surface area contributed by atoms with Crippen molar-refractivity contribution < 1.29 is 22.4 Å². The number of carbonyl (C=O) groups is 1. The summed E-state index contributed by atoms with van der Waals surface area (Å²) in [5, 5.41) is 2.31. The monoisotopic (exact) mass is 326 g/mol. The van der Waals surface area contributed by atoms with Crippen molar-refractivity contribution in [2.24, 2.45) is 0 Å². The first kappa shape index (κ1) is 15.8. The molecule has 1 aromatic rings. The highest BCUT2D eigenvalue weighted by molar-refractivity contribution is 7.18. The van der Waals surface area contributed by atoms with E-state index in [1.54, 1.807) is 5.32 Å². The fourth-order valence-corrected chi connectivity index (χ4v) is 2.84. The van der Waals surface area contributed by atoms with Crippen LogP contribution in [0.5, 0.6) is 0 Å². The van der Waals surface area contributed by atoms with Crippen LogP contribution in [0.2, 0.25) is 0 Å². The second kappa shape index (κ2) is 6.04. The highest BCUT2D eigenvalue weighted by Crippen LogP contribution is 2.30. The van der Waals surface area contributed by atoms with Crippen molar-refractivity contribution in [2.45, 2.75) is 25.2 Å². The average Bonchev–Trinajstić information content (AvgIpc) is 3.04. The Morgan fingerprint density at radius 2 is 2.05 bits per heavy atom. The lowest BCUT2D eigenvalue weighted by Crippen LogP contribution is -2.41. The Kier molecular flexibility index (Phi) is 4.55. The van der Waals surface area contributed by atoms with Crippen LogP contribution in [0.3, 0.4) is 0 Å². The van der Waals surface area contributed by atoms with Crippen LogP contribution in [0.1, 0.15) is 22.5 Å².